The van der Waals surface area contributed by atoms with Gasteiger partial charge in [-0.1, -0.05) is 114 Å². The number of rotatable bonds is 25. The molecule has 18 nitrogen and oxygen atoms in total. The van der Waals surface area contributed by atoms with E-state index in [0.717, 1.165) is 115 Å². The normalized spacial score (nSPS) is 18.5. The second-order valence-electron chi connectivity index (χ2n) is 23.3. The number of hydrogen-bond donors (Lipinski definition) is 6. The molecular formula is C60H83ClN12O6S. The first-order chi connectivity index (χ1) is 38.5. The lowest BCUT2D eigenvalue weighted by Gasteiger charge is -2.39. The Balaban J connectivity index is 0.668. The molecule has 0 bridgehead atoms. The summed E-state index contributed by atoms with van der Waals surface area (Å²) in [6.45, 7) is 12.9. The first-order valence-electron chi connectivity index (χ1n) is 28.9. The fourth-order valence-corrected chi connectivity index (χ4v) is 12.2. The molecule has 7 N–H and O–H groups in total. The number of aliphatic hydroxyl groups excluding tert-OH is 1. The summed E-state index contributed by atoms with van der Waals surface area (Å²) >= 11 is 7.84. The van der Waals surface area contributed by atoms with Crippen molar-refractivity contribution < 1.29 is 29.1 Å². The third-order valence-corrected chi connectivity index (χ3v) is 17.5. The number of piperidine rings is 1. The number of fused-ring (bicyclic) bond motifs is 1. The van der Waals surface area contributed by atoms with Crippen molar-refractivity contribution >= 4 is 69.3 Å². The van der Waals surface area contributed by atoms with E-state index in [1.807, 2.05) is 98.9 Å². The summed E-state index contributed by atoms with van der Waals surface area (Å²) < 4.78 is 0. The van der Waals surface area contributed by atoms with Crippen LogP contribution in [0, 0.1) is 12.3 Å². The van der Waals surface area contributed by atoms with E-state index in [1.54, 1.807) is 17.7 Å². The van der Waals surface area contributed by atoms with Crippen molar-refractivity contribution in [3.8, 4) is 10.4 Å². The number of piperazine rings is 1. The molecule has 3 aromatic heterocycles. The van der Waals surface area contributed by atoms with Gasteiger partial charge in [0.2, 0.25) is 29.5 Å². The van der Waals surface area contributed by atoms with Crippen LogP contribution in [-0.4, -0.2) is 145 Å². The van der Waals surface area contributed by atoms with Crippen LogP contribution >= 0.6 is 22.9 Å². The molecule has 3 saturated heterocycles. The number of anilines is 1. The van der Waals surface area contributed by atoms with Crippen molar-refractivity contribution in [1.82, 2.24) is 50.6 Å². The van der Waals surface area contributed by atoms with Crippen LogP contribution in [0.1, 0.15) is 140 Å². The summed E-state index contributed by atoms with van der Waals surface area (Å²) in [7, 11) is 0. The summed E-state index contributed by atoms with van der Waals surface area (Å²) in [5, 5.41) is 21.5. The summed E-state index contributed by atoms with van der Waals surface area (Å²) in [4.78, 5) is 93.4. The lowest BCUT2D eigenvalue weighted by molar-refractivity contribution is -0.144. The third-order valence-electron chi connectivity index (χ3n) is 16.3. The summed E-state index contributed by atoms with van der Waals surface area (Å²) in [6, 6.07) is 15.6. The second kappa shape index (κ2) is 28.1. The first kappa shape index (κ1) is 60.1. The first-order valence-corrected chi connectivity index (χ1v) is 30.1. The number of amides is 5. The molecule has 0 aliphatic carbocycles. The summed E-state index contributed by atoms with van der Waals surface area (Å²) in [5.41, 5.74) is 11.8. The van der Waals surface area contributed by atoms with Crippen LogP contribution in [0.5, 0.6) is 0 Å². The zero-order valence-electron chi connectivity index (χ0n) is 47.2. The number of nitrogens with one attached hydrogen (secondary N) is 4. The molecule has 3 aliphatic heterocycles. The minimum absolute atomic E-state index is 0.0308. The van der Waals surface area contributed by atoms with Gasteiger partial charge in [-0.15, -0.1) is 11.3 Å². The standard InChI is InChI=1S/C60H83ClN12O6S/c1-41-52(80-40-67-41)44-18-16-42(17-19-44)37-64-56(77)49-36-46(74)38-73(49)57(78)53(59(2,3)4)69-50(75)14-12-10-8-6-5-7-9-11-13-15-51(76)71-34-32-70(33-35-71)29-25-48(43-20-22-45(61)23-21-43)68-58(79)60(62)26-30-72(31-27-60)55-47-24-28-63-54(47)65-39-66-55/h16-24,28,39-40,46,48-49,53,74H,5-15,25-27,29-38,62H2,1-4H3,(H,64,77)(H,68,79)(H,69,75)(H,63,65,66)/t46-,48?,49+,53?/m1/s1. The SMILES string of the molecule is Cc1ncsc1-c1ccc(CNC(=O)[C@@H]2C[C@@H](O)CN2C(=O)C(NC(=O)CCCCCCCCCCCC(=O)N2CCN(CCC(NC(=O)C3(N)CCN(c4ncnc5[nH]ccc45)CC3)c3ccc(Cl)cc3)CC2)C(C)(C)C)cc1. The van der Waals surface area contributed by atoms with Crippen LogP contribution in [0.2, 0.25) is 5.02 Å². The number of thiazole rings is 1. The minimum atomic E-state index is -1.01. The topological polar surface area (TPSA) is 235 Å². The zero-order valence-corrected chi connectivity index (χ0v) is 48.8. The lowest BCUT2D eigenvalue weighted by Crippen LogP contribution is -2.60. The van der Waals surface area contributed by atoms with E-state index in [2.05, 4.69) is 45.7 Å². The Morgan fingerprint density at radius 3 is 2.15 bits per heavy atom. The fraction of sp³-hybridized carbons (Fsp3) is 0.567. The molecule has 4 atom stereocenters. The molecule has 0 spiro atoms. The van der Waals surface area contributed by atoms with E-state index in [0.29, 0.717) is 69.7 Å². The molecule has 80 heavy (non-hydrogen) atoms. The van der Waals surface area contributed by atoms with E-state index in [1.165, 1.54) is 4.90 Å². The number of carbonyl (C=O) groups excluding carboxylic acids is 5. The number of benzene rings is 2. The number of hydrogen-bond acceptors (Lipinski definition) is 13. The number of carbonyl (C=O) groups is 5. The van der Waals surface area contributed by atoms with E-state index >= 15 is 0 Å². The van der Waals surface area contributed by atoms with Crippen LogP contribution in [0.25, 0.3) is 21.5 Å². The second-order valence-corrected chi connectivity index (χ2v) is 24.6. The number of nitrogens with two attached hydrogens (primary N) is 1. The maximum absolute atomic E-state index is 14.1. The van der Waals surface area contributed by atoms with Gasteiger partial charge in [0, 0.05) is 89.4 Å². The molecule has 3 aliphatic rings. The van der Waals surface area contributed by atoms with Gasteiger partial charge in [-0.2, -0.15) is 0 Å². The lowest BCUT2D eigenvalue weighted by atomic mass is 9.85. The highest BCUT2D eigenvalue weighted by Crippen LogP contribution is 2.32. The molecule has 6 heterocycles. The maximum atomic E-state index is 14.1. The fourth-order valence-electron chi connectivity index (χ4n) is 11.3. The average molecular weight is 1140 g/mol. The highest BCUT2D eigenvalue weighted by molar-refractivity contribution is 7.13. The van der Waals surface area contributed by atoms with E-state index < -0.39 is 29.1 Å². The number of H-pyrrole nitrogens is 1. The van der Waals surface area contributed by atoms with Crippen molar-refractivity contribution in [3.05, 3.63) is 94.5 Å². The van der Waals surface area contributed by atoms with E-state index in [4.69, 9.17) is 17.3 Å². The molecule has 2 aromatic carbocycles. The van der Waals surface area contributed by atoms with Crippen LogP contribution in [0.15, 0.2) is 72.6 Å². The molecule has 432 valence electrons. The summed E-state index contributed by atoms with van der Waals surface area (Å²) in [6.07, 6.45) is 14.2. The largest absolute Gasteiger partial charge is 0.391 e. The predicted molar refractivity (Wildman–Crippen MR) is 315 cm³/mol. The monoisotopic (exact) mass is 1130 g/mol. The van der Waals surface area contributed by atoms with Gasteiger partial charge >= 0.3 is 0 Å². The van der Waals surface area contributed by atoms with Gasteiger partial charge < -0.3 is 46.5 Å². The summed E-state index contributed by atoms with van der Waals surface area (Å²) in [5.74, 6) is 0.0201. The number of unbranched alkanes of at least 4 members (excludes halogenated alkanes) is 8. The third kappa shape index (κ3) is 16.1. The predicted octanol–water partition coefficient (Wildman–Crippen LogP) is 7.83. The van der Waals surface area contributed by atoms with Crippen molar-refractivity contribution in [2.75, 3.05) is 57.3 Å². The molecule has 5 aromatic rings. The van der Waals surface area contributed by atoms with Gasteiger partial charge in [0.1, 0.15) is 29.9 Å². The van der Waals surface area contributed by atoms with Crippen LogP contribution < -0.4 is 26.6 Å². The quantitative estimate of drug-likeness (QED) is 0.0307. The Morgan fingerprint density at radius 1 is 0.838 bits per heavy atom. The van der Waals surface area contributed by atoms with Gasteiger partial charge in [-0.25, -0.2) is 15.0 Å². The highest BCUT2D eigenvalue weighted by atomic mass is 35.5. The smallest absolute Gasteiger partial charge is 0.246 e. The number of β-amino-alcohol motifs (C(OH)–C–C–N with tert-alkyl or cyclic N) is 1. The molecule has 8 rings (SSSR count). The van der Waals surface area contributed by atoms with Crippen molar-refractivity contribution in [1.29, 1.82) is 0 Å². The number of aromatic nitrogens is 4. The van der Waals surface area contributed by atoms with Gasteiger partial charge in [0.25, 0.3) is 0 Å². The number of aliphatic hydroxyl groups is 1. The molecule has 0 saturated carbocycles. The van der Waals surface area contributed by atoms with Crippen LogP contribution in [0.4, 0.5) is 5.82 Å². The van der Waals surface area contributed by atoms with Gasteiger partial charge in [0.05, 0.1) is 39.2 Å². The Labute approximate surface area is 480 Å². The Kier molecular flexibility index (Phi) is 21.1. The van der Waals surface area contributed by atoms with Crippen LogP contribution in [0.3, 0.4) is 0 Å². The number of likely N-dealkylation sites (tertiary alicyclic amines) is 1. The van der Waals surface area contributed by atoms with Crippen molar-refractivity contribution in [3.63, 3.8) is 0 Å². The van der Waals surface area contributed by atoms with Gasteiger partial charge in [-0.3, -0.25) is 28.9 Å². The number of halogens is 1. The Morgan fingerprint density at radius 2 is 1.50 bits per heavy atom. The molecule has 3 fully saturated rings. The zero-order chi connectivity index (χ0) is 56.8. The Hall–Kier alpha value is -5.99. The average Bonchev–Trinajstić information content (AvgIpc) is 4.26. The van der Waals surface area contributed by atoms with Crippen LogP contribution in [-0.2, 0) is 30.5 Å². The molecule has 2 unspecified atom stereocenters. The number of aromatic amines is 1. The maximum Gasteiger partial charge on any atom is 0.246 e. The molecule has 20 heteroatoms. The van der Waals surface area contributed by atoms with E-state index in [9.17, 15) is 29.1 Å². The molecule has 0 radical (unpaired) electrons. The Bertz CT molecular complexity index is 2840. The molecule has 5 amide bonds. The van der Waals surface area contributed by atoms with Crippen molar-refractivity contribution in [2.24, 2.45) is 11.1 Å². The number of nitrogens with zero attached hydrogens (tertiary/aromatic N) is 7. The van der Waals surface area contributed by atoms with Crippen molar-refractivity contribution in [2.45, 2.75) is 160 Å². The van der Waals surface area contributed by atoms with Gasteiger partial charge in [0.15, 0.2) is 0 Å². The highest BCUT2D eigenvalue weighted by Gasteiger charge is 2.45. The van der Waals surface area contributed by atoms with E-state index in [-0.39, 0.29) is 55.1 Å². The minimum Gasteiger partial charge on any atom is -0.391 e. The number of aryl methyl sites for hydroxylation is 1. The van der Waals surface area contributed by atoms with Gasteiger partial charge in [-0.05, 0) is 79.3 Å². The molecular weight excluding hydrogens is 1050 g/mol.